The summed E-state index contributed by atoms with van der Waals surface area (Å²) in [6.07, 6.45) is 3.21. The molecule has 1 aromatic carbocycles. The van der Waals surface area contributed by atoms with Crippen molar-refractivity contribution in [2.75, 3.05) is 13.1 Å². The summed E-state index contributed by atoms with van der Waals surface area (Å²) in [4.78, 5) is 13.8. The van der Waals surface area contributed by atoms with Crippen molar-refractivity contribution in [3.8, 4) is 0 Å². The molecule has 0 aliphatic carbocycles. The molecule has 0 radical (unpaired) electrons. The number of aromatic nitrogens is 3. The van der Waals surface area contributed by atoms with Gasteiger partial charge in [0, 0.05) is 30.6 Å². The van der Waals surface area contributed by atoms with Crippen molar-refractivity contribution in [2.24, 2.45) is 0 Å². The van der Waals surface area contributed by atoms with Crippen molar-refractivity contribution < 1.29 is 8.42 Å². The standard InChI is InChI=1S/C20H22N4O2S/c1-14-5-7-17(8-6-14)27(25,26)24-12-9-16(10-13-24)19-18-4-3-11-21-20(18)23-15(2)22-19/h3-8,11,16H,9-10,12-13H2,1-2H3. The first-order chi connectivity index (χ1) is 12.9. The van der Waals surface area contributed by atoms with Gasteiger partial charge in [-0.1, -0.05) is 17.7 Å². The molecular formula is C20H22N4O2S. The van der Waals surface area contributed by atoms with E-state index in [1.54, 1.807) is 22.6 Å². The second kappa shape index (κ2) is 6.98. The van der Waals surface area contributed by atoms with Crippen molar-refractivity contribution in [2.45, 2.75) is 37.5 Å². The Labute approximate surface area is 159 Å². The zero-order valence-corrected chi connectivity index (χ0v) is 16.3. The molecular weight excluding hydrogens is 360 g/mol. The zero-order chi connectivity index (χ0) is 19.0. The molecule has 1 fully saturated rings. The molecule has 0 amide bonds. The fraction of sp³-hybridized carbons (Fsp3) is 0.350. The number of nitrogens with zero attached hydrogens (tertiary/aromatic N) is 4. The third kappa shape index (κ3) is 3.44. The van der Waals surface area contributed by atoms with Crippen molar-refractivity contribution >= 4 is 21.1 Å². The Kier molecular flexibility index (Phi) is 4.65. The van der Waals surface area contributed by atoms with Gasteiger partial charge in [0.25, 0.3) is 0 Å². The average Bonchev–Trinajstić information content (AvgIpc) is 2.68. The number of pyridine rings is 1. The molecule has 0 spiro atoms. The Balaban J connectivity index is 1.57. The van der Waals surface area contributed by atoms with Gasteiger partial charge in [-0.05, 0) is 51.0 Å². The number of rotatable bonds is 3. The molecule has 4 rings (SSSR count). The fourth-order valence-corrected chi connectivity index (χ4v) is 5.11. The topological polar surface area (TPSA) is 76.1 Å². The molecule has 0 N–H and O–H groups in total. The smallest absolute Gasteiger partial charge is 0.237 e. The minimum absolute atomic E-state index is 0.211. The third-order valence-corrected chi connectivity index (χ3v) is 7.02. The minimum atomic E-state index is -3.45. The van der Waals surface area contributed by atoms with Gasteiger partial charge in [-0.2, -0.15) is 4.31 Å². The highest BCUT2D eigenvalue weighted by atomic mass is 32.2. The highest BCUT2D eigenvalue weighted by Crippen LogP contribution is 2.32. The summed E-state index contributed by atoms with van der Waals surface area (Å²) in [5, 5.41) is 0.961. The lowest BCUT2D eigenvalue weighted by Crippen LogP contribution is -2.38. The molecule has 6 nitrogen and oxygen atoms in total. The molecule has 1 saturated heterocycles. The van der Waals surface area contributed by atoms with Crippen LogP contribution >= 0.6 is 0 Å². The van der Waals surface area contributed by atoms with Crippen molar-refractivity contribution in [3.63, 3.8) is 0 Å². The van der Waals surface area contributed by atoms with Crippen molar-refractivity contribution in [3.05, 3.63) is 59.7 Å². The Morgan fingerprint density at radius 1 is 1.00 bits per heavy atom. The second-order valence-corrected chi connectivity index (χ2v) is 8.96. The molecule has 140 valence electrons. The predicted octanol–water partition coefficient (Wildman–Crippen LogP) is 3.21. The van der Waals surface area contributed by atoms with Gasteiger partial charge in [-0.3, -0.25) is 0 Å². The lowest BCUT2D eigenvalue weighted by atomic mass is 9.92. The summed E-state index contributed by atoms with van der Waals surface area (Å²) in [6, 6.07) is 10.9. The quantitative estimate of drug-likeness (QED) is 0.695. The van der Waals surface area contributed by atoms with E-state index >= 15 is 0 Å². The van der Waals surface area contributed by atoms with Gasteiger partial charge in [-0.15, -0.1) is 0 Å². The molecule has 3 aromatic rings. The van der Waals surface area contributed by atoms with E-state index < -0.39 is 10.0 Å². The summed E-state index contributed by atoms with van der Waals surface area (Å²) >= 11 is 0. The van der Waals surface area contributed by atoms with E-state index in [4.69, 9.17) is 0 Å². The zero-order valence-electron chi connectivity index (χ0n) is 15.5. The maximum atomic E-state index is 12.9. The van der Waals surface area contributed by atoms with Crippen LogP contribution < -0.4 is 0 Å². The lowest BCUT2D eigenvalue weighted by Gasteiger charge is -2.31. The summed E-state index contributed by atoms with van der Waals surface area (Å²) in [5.74, 6) is 0.911. The van der Waals surface area contributed by atoms with Gasteiger partial charge in [0.2, 0.25) is 10.0 Å². The van der Waals surface area contributed by atoms with Crippen LogP contribution in [0.1, 0.15) is 35.8 Å². The number of hydrogen-bond acceptors (Lipinski definition) is 5. The van der Waals surface area contributed by atoms with E-state index in [9.17, 15) is 8.42 Å². The van der Waals surface area contributed by atoms with Crippen LogP contribution in [0.4, 0.5) is 0 Å². The van der Waals surface area contributed by atoms with Crippen LogP contribution in [0.15, 0.2) is 47.5 Å². The van der Waals surface area contributed by atoms with Crippen LogP contribution in [0.5, 0.6) is 0 Å². The number of hydrogen-bond donors (Lipinski definition) is 0. The SMILES string of the molecule is Cc1ccc(S(=O)(=O)N2CCC(c3nc(C)nc4ncccc34)CC2)cc1. The van der Waals surface area contributed by atoms with Crippen LogP contribution in [-0.4, -0.2) is 40.8 Å². The van der Waals surface area contributed by atoms with E-state index in [0.717, 1.165) is 29.5 Å². The predicted molar refractivity (Wildman–Crippen MR) is 104 cm³/mol. The average molecular weight is 382 g/mol. The first kappa shape index (κ1) is 18.0. The highest BCUT2D eigenvalue weighted by molar-refractivity contribution is 7.89. The van der Waals surface area contributed by atoms with Crippen LogP contribution in [-0.2, 0) is 10.0 Å². The molecule has 3 heterocycles. The summed E-state index contributed by atoms with van der Waals surface area (Å²) < 4.78 is 27.4. The number of sulfonamides is 1. The normalized spacial score (nSPS) is 16.7. The molecule has 1 aliphatic heterocycles. The molecule has 0 unspecified atom stereocenters. The highest BCUT2D eigenvalue weighted by Gasteiger charge is 2.31. The Morgan fingerprint density at radius 3 is 2.41 bits per heavy atom. The first-order valence-corrected chi connectivity index (χ1v) is 10.6. The van der Waals surface area contributed by atoms with Gasteiger partial charge in [0.15, 0.2) is 5.65 Å². The fourth-order valence-electron chi connectivity index (χ4n) is 3.64. The maximum Gasteiger partial charge on any atom is 0.243 e. The van der Waals surface area contributed by atoms with Crippen LogP contribution in [0.2, 0.25) is 0 Å². The van der Waals surface area contributed by atoms with E-state index in [1.165, 1.54) is 0 Å². The van der Waals surface area contributed by atoms with E-state index in [0.29, 0.717) is 29.5 Å². The Bertz CT molecular complexity index is 1070. The second-order valence-electron chi connectivity index (χ2n) is 7.02. The Morgan fingerprint density at radius 2 is 1.70 bits per heavy atom. The lowest BCUT2D eigenvalue weighted by molar-refractivity contribution is 0.317. The molecule has 2 aromatic heterocycles. The van der Waals surface area contributed by atoms with Gasteiger partial charge >= 0.3 is 0 Å². The molecule has 0 saturated carbocycles. The van der Waals surface area contributed by atoms with E-state index in [2.05, 4.69) is 15.0 Å². The number of fused-ring (bicyclic) bond motifs is 1. The molecule has 0 atom stereocenters. The van der Waals surface area contributed by atoms with Crippen LogP contribution in [0.3, 0.4) is 0 Å². The third-order valence-electron chi connectivity index (χ3n) is 5.11. The van der Waals surface area contributed by atoms with Gasteiger partial charge < -0.3 is 0 Å². The molecule has 0 bridgehead atoms. The largest absolute Gasteiger partial charge is 0.243 e. The van der Waals surface area contributed by atoms with Gasteiger partial charge in [-0.25, -0.2) is 23.4 Å². The minimum Gasteiger partial charge on any atom is -0.237 e. The van der Waals surface area contributed by atoms with E-state index in [-0.39, 0.29) is 5.92 Å². The number of piperidine rings is 1. The molecule has 1 aliphatic rings. The number of aryl methyl sites for hydroxylation is 2. The number of benzene rings is 1. The van der Waals surface area contributed by atoms with Gasteiger partial charge in [0.05, 0.1) is 10.6 Å². The van der Waals surface area contributed by atoms with E-state index in [1.807, 2.05) is 38.1 Å². The first-order valence-electron chi connectivity index (χ1n) is 9.11. The molecule has 7 heteroatoms. The van der Waals surface area contributed by atoms with Crippen molar-refractivity contribution in [1.82, 2.24) is 19.3 Å². The molecule has 27 heavy (non-hydrogen) atoms. The van der Waals surface area contributed by atoms with Crippen LogP contribution in [0.25, 0.3) is 11.0 Å². The van der Waals surface area contributed by atoms with Gasteiger partial charge in [0.1, 0.15) is 5.82 Å². The Hall–Kier alpha value is -2.38. The van der Waals surface area contributed by atoms with Crippen molar-refractivity contribution in [1.29, 1.82) is 0 Å². The van der Waals surface area contributed by atoms with Crippen LogP contribution in [0, 0.1) is 13.8 Å². The summed E-state index contributed by atoms with van der Waals surface area (Å²) in [5.41, 5.74) is 2.74. The summed E-state index contributed by atoms with van der Waals surface area (Å²) in [6.45, 7) is 4.80. The monoisotopic (exact) mass is 382 g/mol. The summed E-state index contributed by atoms with van der Waals surface area (Å²) in [7, 11) is -3.45. The maximum absolute atomic E-state index is 12.9.